The zero-order valence-corrected chi connectivity index (χ0v) is 10.8. The van der Waals surface area contributed by atoms with Crippen LogP contribution in [0.5, 0.6) is 0 Å². The average Bonchev–Trinajstić information content (AvgIpc) is 2.65. The number of rotatable bonds is 5. The summed E-state index contributed by atoms with van der Waals surface area (Å²) in [4.78, 5) is 13.6. The number of hydrogen-bond donors (Lipinski definition) is 0. The number of furan rings is 1. The summed E-state index contributed by atoms with van der Waals surface area (Å²) in [7, 11) is 0. The highest BCUT2D eigenvalue weighted by Gasteiger charge is 2.16. The lowest BCUT2D eigenvalue weighted by Crippen LogP contribution is -2.31. The molecule has 0 saturated carbocycles. The van der Waals surface area contributed by atoms with Crippen molar-refractivity contribution in [1.29, 1.82) is 0 Å². The Morgan fingerprint density at radius 1 is 1.60 bits per heavy atom. The Morgan fingerprint density at radius 2 is 2.33 bits per heavy atom. The standard InChI is InChI=1S/C10H13BrClNO2/c1-2-13(7-3-6-12)10(14)8-4-5-9(11)15-8/h4-5H,2-3,6-7H2,1H3. The van der Waals surface area contributed by atoms with Crippen LogP contribution in [-0.4, -0.2) is 29.8 Å². The first kappa shape index (κ1) is 12.6. The summed E-state index contributed by atoms with van der Waals surface area (Å²) >= 11 is 8.75. The van der Waals surface area contributed by atoms with E-state index < -0.39 is 0 Å². The molecule has 5 heteroatoms. The highest BCUT2D eigenvalue weighted by molar-refractivity contribution is 9.10. The van der Waals surface area contributed by atoms with Crippen molar-refractivity contribution in [3.63, 3.8) is 0 Å². The molecule has 0 bridgehead atoms. The van der Waals surface area contributed by atoms with Gasteiger partial charge < -0.3 is 9.32 Å². The Hall–Kier alpha value is -0.480. The lowest BCUT2D eigenvalue weighted by molar-refractivity contribution is 0.0731. The monoisotopic (exact) mass is 293 g/mol. The summed E-state index contributed by atoms with van der Waals surface area (Å²) in [5.74, 6) is 0.831. The van der Waals surface area contributed by atoms with Gasteiger partial charge in [0.1, 0.15) is 0 Å². The van der Waals surface area contributed by atoms with Gasteiger partial charge in [-0.1, -0.05) is 0 Å². The molecule has 1 aromatic rings. The molecular formula is C10H13BrClNO2. The second-order valence-electron chi connectivity index (χ2n) is 3.03. The molecule has 0 aliphatic heterocycles. The summed E-state index contributed by atoms with van der Waals surface area (Å²) in [5, 5.41) is 0. The van der Waals surface area contributed by atoms with Gasteiger partial charge >= 0.3 is 0 Å². The number of hydrogen-bond acceptors (Lipinski definition) is 2. The Balaban J connectivity index is 2.64. The van der Waals surface area contributed by atoms with E-state index in [0.29, 0.717) is 29.4 Å². The molecule has 1 amide bonds. The topological polar surface area (TPSA) is 33.5 Å². The minimum Gasteiger partial charge on any atom is -0.444 e. The molecule has 0 saturated heterocycles. The molecule has 15 heavy (non-hydrogen) atoms. The van der Waals surface area contributed by atoms with Gasteiger partial charge in [0.2, 0.25) is 0 Å². The van der Waals surface area contributed by atoms with Gasteiger partial charge in [-0.2, -0.15) is 0 Å². The van der Waals surface area contributed by atoms with E-state index in [9.17, 15) is 4.79 Å². The van der Waals surface area contributed by atoms with Crippen molar-refractivity contribution in [1.82, 2.24) is 4.90 Å². The molecule has 0 aliphatic rings. The fourth-order valence-corrected chi connectivity index (χ4v) is 1.67. The third kappa shape index (κ3) is 3.54. The van der Waals surface area contributed by atoms with Crippen LogP contribution in [0.15, 0.2) is 21.2 Å². The number of alkyl halides is 1. The van der Waals surface area contributed by atoms with Crippen molar-refractivity contribution in [3.05, 3.63) is 22.6 Å². The highest BCUT2D eigenvalue weighted by Crippen LogP contribution is 2.15. The normalized spacial score (nSPS) is 10.3. The molecule has 0 aliphatic carbocycles. The zero-order chi connectivity index (χ0) is 11.3. The maximum Gasteiger partial charge on any atom is 0.289 e. The highest BCUT2D eigenvalue weighted by atomic mass is 79.9. The van der Waals surface area contributed by atoms with Crippen LogP contribution in [0, 0.1) is 0 Å². The molecule has 0 fully saturated rings. The summed E-state index contributed by atoms with van der Waals surface area (Å²) < 4.78 is 5.77. The van der Waals surface area contributed by atoms with Crippen molar-refractivity contribution < 1.29 is 9.21 Å². The molecule has 0 radical (unpaired) electrons. The van der Waals surface area contributed by atoms with E-state index in [1.54, 1.807) is 17.0 Å². The Bertz CT molecular complexity index is 327. The van der Waals surface area contributed by atoms with Crippen LogP contribution in [0.2, 0.25) is 0 Å². The molecule has 84 valence electrons. The molecule has 0 N–H and O–H groups in total. The van der Waals surface area contributed by atoms with Crippen LogP contribution in [0.3, 0.4) is 0 Å². The predicted molar refractivity (Wildman–Crippen MR) is 63.3 cm³/mol. The molecule has 1 heterocycles. The zero-order valence-electron chi connectivity index (χ0n) is 8.50. The fraction of sp³-hybridized carbons (Fsp3) is 0.500. The van der Waals surface area contributed by atoms with Gasteiger partial charge in [-0.3, -0.25) is 4.79 Å². The largest absolute Gasteiger partial charge is 0.444 e. The quantitative estimate of drug-likeness (QED) is 0.782. The van der Waals surface area contributed by atoms with Gasteiger partial charge in [-0.15, -0.1) is 11.6 Å². The summed E-state index contributed by atoms with van der Waals surface area (Å²) in [6.07, 6.45) is 0.795. The van der Waals surface area contributed by atoms with Crippen molar-refractivity contribution in [2.24, 2.45) is 0 Å². The first-order valence-electron chi connectivity index (χ1n) is 4.79. The van der Waals surface area contributed by atoms with E-state index in [1.807, 2.05) is 6.92 Å². The number of carbonyl (C=O) groups excluding carboxylic acids is 1. The van der Waals surface area contributed by atoms with E-state index in [2.05, 4.69) is 15.9 Å². The Morgan fingerprint density at radius 3 is 2.80 bits per heavy atom. The number of carbonyl (C=O) groups is 1. The Kier molecular flexibility index (Phi) is 5.19. The van der Waals surface area contributed by atoms with Crippen LogP contribution in [-0.2, 0) is 0 Å². The van der Waals surface area contributed by atoms with E-state index in [0.717, 1.165) is 6.42 Å². The van der Waals surface area contributed by atoms with Crippen molar-refractivity contribution in [2.45, 2.75) is 13.3 Å². The van der Waals surface area contributed by atoms with Crippen molar-refractivity contribution in [2.75, 3.05) is 19.0 Å². The number of nitrogens with zero attached hydrogens (tertiary/aromatic N) is 1. The first-order valence-corrected chi connectivity index (χ1v) is 6.12. The lowest BCUT2D eigenvalue weighted by atomic mass is 10.3. The molecule has 0 atom stereocenters. The average molecular weight is 295 g/mol. The minimum absolute atomic E-state index is 0.0895. The minimum atomic E-state index is -0.0895. The van der Waals surface area contributed by atoms with Crippen LogP contribution >= 0.6 is 27.5 Å². The third-order valence-corrected chi connectivity index (χ3v) is 2.71. The van der Waals surface area contributed by atoms with E-state index >= 15 is 0 Å². The number of amides is 1. The third-order valence-electron chi connectivity index (χ3n) is 2.01. The van der Waals surface area contributed by atoms with Crippen LogP contribution in [0.1, 0.15) is 23.9 Å². The predicted octanol–water partition coefficient (Wildman–Crippen LogP) is 3.13. The molecule has 0 unspecified atom stereocenters. The molecule has 0 spiro atoms. The van der Waals surface area contributed by atoms with Gasteiger partial charge in [-0.25, -0.2) is 0 Å². The van der Waals surface area contributed by atoms with Gasteiger partial charge in [0, 0.05) is 19.0 Å². The number of halogens is 2. The fourth-order valence-electron chi connectivity index (χ4n) is 1.24. The van der Waals surface area contributed by atoms with Crippen molar-refractivity contribution in [3.8, 4) is 0 Å². The van der Waals surface area contributed by atoms with Crippen LogP contribution in [0.4, 0.5) is 0 Å². The molecule has 1 rings (SSSR count). The van der Waals surface area contributed by atoms with Gasteiger partial charge in [0.05, 0.1) is 0 Å². The van der Waals surface area contributed by atoms with E-state index in [1.165, 1.54) is 0 Å². The molecule has 3 nitrogen and oxygen atoms in total. The SMILES string of the molecule is CCN(CCCCl)C(=O)c1ccc(Br)o1. The summed E-state index contributed by atoms with van der Waals surface area (Å²) in [6, 6.07) is 3.37. The van der Waals surface area contributed by atoms with Gasteiger partial charge in [0.25, 0.3) is 5.91 Å². The maximum absolute atomic E-state index is 11.9. The molecular weight excluding hydrogens is 281 g/mol. The molecule has 1 aromatic heterocycles. The van der Waals surface area contributed by atoms with Crippen LogP contribution < -0.4 is 0 Å². The van der Waals surface area contributed by atoms with E-state index in [4.69, 9.17) is 16.0 Å². The summed E-state index contributed by atoms with van der Waals surface area (Å²) in [5.41, 5.74) is 0. The first-order chi connectivity index (χ1) is 7.19. The second-order valence-corrected chi connectivity index (χ2v) is 4.19. The second kappa shape index (κ2) is 6.18. The van der Waals surface area contributed by atoms with Gasteiger partial charge in [0.15, 0.2) is 10.4 Å². The van der Waals surface area contributed by atoms with Crippen molar-refractivity contribution >= 4 is 33.4 Å². The van der Waals surface area contributed by atoms with E-state index in [-0.39, 0.29) is 5.91 Å². The van der Waals surface area contributed by atoms with Crippen LogP contribution in [0.25, 0.3) is 0 Å². The van der Waals surface area contributed by atoms with Gasteiger partial charge in [-0.05, 0) is 41.4 Å². The maximum atomic E-state index is 11.9. The summed E-state index contributed by atoms with van der Waals surface area (Å²) in [6.45, 7) is 3.26. The lowest BCUT2D eigenvalue weighted by Gasteiger charge is -2.18. The molecule has 0 aromatic carbocycles. The Labute approximate surface area is 103 Å². The smallest absolute Gasteiger partial charge is 0.289 e.